The van der Waals surface area contributed by atoms with Crippen LogP contribution in [0.5, 0.6) is 0 Å². The number of likely N-dealkylation sites (N-methyl/N-ethyl adjacent to an activating group) is 1. The highest BCUT2D eigenvalue weighted by molar-refractivity contribution is 5.74. The van der Waals surface area contributed by atoms with E-state index in [0.717, 1.165) is 39.5 Å². The van der Waals surface area contributed by atoms with Crippen LogP contribution in [0.3, 0.4) is 0 Å². The van der Waals surface area contributed by atoms with Crippen LogP contribution in [-0.4, -0.2) is 78.3 Å². The third kappa shape index (κ3) is 10.4. The Kier molecular flexibility index (Phi) is 11.8. The summed E-state index contributed by atoms with van der Waals surface area (Å²) in [7, 11) is 0. The topological polar surface area (TPSA) is 152 Å². The molecule has 0 unspecified atom stereocenters. The third-order valence-electron chi connectivity index (χ3n) is 3.68. The van der Waals surface area contributed by atoms with Gasteiger partial charge in [-0.25, -0.2) is 0 Å². The van der Waals surface area contributed by atoms with Crippen LogP contribution in [0.15, 0.2) is 0 Å². The summed E-state index contributed by atoms with van der Waals surface area (Å²) in [5.74, 6) is -4.65. The molecule has 0 spiro atoms. The Labute approximate surface area is 180 Å². The van der Waals surface area contributed by atoms with E-state index in [1.54, 1.807) is 6.92 Å². The molecule has 0 fully saturated rings. The molecule has 0 rings (SSSR count). The van der Waals surface area contributed by atoms with Gasteiger partial charge in [0.25, 0.3) is 0 Å². The van der Waals surface area contributed by atoms with Gasteiger partial charge in [-0.1, -0.05) is 0 Å². The maximum absolute atomic E-state index is 12.1. The van der Waals surface area contributed by atoms with Crippen molar-refractivity contribution < 1.29 is 52.5 Å². The number of nitrogens with zero attached hydrogens (tertiary/aromatic N) is 1. The van der Waals surface area contributed by atoms with Crippen LogP contribution in [-0.2, 0) is 52.5 Å². The van der Waals surface area contributed by atoms with Gasteiger partial charge in [-0.15, -0.1) is 0 Å². The Morgan fingerprint density at radius 2 is 1.10 bits per heavy atom. The first-order valence-electron chi connectivity index (χ1n) is 9.39. The fourth-order valence-electron chi connectivity index (χ4n) is 2.69. The van der Waals surface area contributed by atoms with Crippen LogP contribution in [0.4, 0.5) is 0 Å². The summed E-state index contributed by atoms with van der Waals surface area (Å²) in [6.07, 6.45) is -6.20. The lowest BCUT2D eigenvalue weighted by Crippen LogP contribution is -2.59. The molecule has 0 saturated heterocycles. The fraction of sp³-hybridized carbons (Fsp3) is 0.684. The summed E-state index contributed by atoms with van der Waals surface area (Å²) >= 11 is 0. The van der Waals surface area contributed by atoms with E-state index in [-0.39, 0.29) is 6.54 Å². The van der Waals surface area contributed by atoms with Crippen LogP contribution < -0.4 is 0 Å². The van der Waals surface area contributed by atoms with Crippen molar-refractivity contribution in [3.05, 3.63) is 0 Å². The third-order valence-corrected chi connectivity index (χ3v) is 3.68. The SMILES string of the molecule is CCN(C(C)=O)[C@H](OC(C)=O)[C@H](OC(C)=O)[C@H](OC(C)=O)[C@H](COC(C)=O)OC(C)=O. The molecule has 0 aromatic carbocycles. The first kappa shape index (κ1) is 27.8. The molecule has 0 aliphatic carbocycles. The molecule has 176 valence electrons. The van der Waals surface area contributed by atoms with Crippen molar-refractivity contribution in [3.63, 3.8) is 0 Å². The molecule has 1 amide bonds. The van der Waals surface area contributed by atoms with E-state index in [1.165, 1.54) is 6.92 Å². The molecule has 12 nitrogen and oxygen atoms in total. The van der Waals surface area contributed by atoms with Gasteiger partial charge in [0.05, 0.1) is 0 Å². The Hall–Kier alpha value is -3.18. The Morgan fingerprint density at radius 3 is 1.45 bits per heavy atom. The van der Waals surface area contributed by atoms with Crippen molar-refractivity contribution in [2.75, 3.05) is 13.2 Å². The van der Waals surface area contributed by atoms with Gasteiger partial charge < -0.3 is 28.6 Å². The summed E-state index contributed by atoms with van der Waals surface area (Å²) in [5, 5.41) is 0. The molecule has 4 atom stereocenters. The quantitative estimate of drug-likeness (QED) is 0.241. The lowest BCUT2D eigenvalue weighted by molar-refractivity contribution is -0.217. The predicted molar refractivity (Wildman–Crippen MR) is 102 cm³/mol. The number of hydrogen-bond acceptors (Lipinski definition) is 11. The molecule has 0 bridgehead atoms. The number of ether oxygens (including phenoxy) is 5. The number of amides is 1. The average molecular weight is 447 g/mol. The summed E-state index contributed by atoms with van der Waals surface area (Å²) in [5.41, 5.74) is 0. The number of esters is 5. The summed E-state index contributed by atoms with van der Waals surface area (Å²) < 4.78 is 25.7. The zero-order valence-electron chi connectivity index (χ0n) is 18.7. The lowest BCUT2D eigenvalue weighted by atomic mass is 10.0. The zero-order chi connectivity index (χ0) is 24.3. The summed E-state index contributed by atoms with van der Waals surface area (Å²) in [4.78, 5) is 71.4. The Bertz CT molecular complexity index is 690. The van der Waals surface area contributed by atoms with Gasteiger partial charge in [0.15, 0.2) is 18.3 Å². The average Bonchev–Trinajstić information content (AvgIpc) is 2.60. The minimum absolute atomic E-state index is 0.0278. The molecule has 0 N–H and O–H groups in total. The second-order valence-electron chi connectivity index (χ2n) is 6.40. The molecule has 12 heteroatoms. The van der Waals surface area contributed by atoms with Crippen molar-refractivity contribution >= 4 is 35.8 Å². The molecule has 0 aromatic rings. The number of rotatable bonds is 11. The molecule has 0 aliphatic rings. The van der Waals surface area contributed by atoms with Gasteiger partial charge in [-0.3, -0.25) is 28.8 Å². The molecule has 0 saturated carbocycles. The standard InChI is InChI=1S/C19H29NO11/c1-8-20(10(2)21)19(31-15(7)26)18(30-14(6)25)17(29-13(5)24)16(28-12(4)23)9-27-11(3)22/h16-19H,8-9H2,1-7H3/t16-,17+,18+,19+/m0/s1. The minimum Gasteiger partial charge on any atom is -0.462 e. The number of carbonyl (C=O) groups is 6. The molecular formula is C19H29NO11. The summed E-state index contributed by atoms with van der Waals surface area (Å²) in [6, 6.07) is 0. The van der Waals surface area contributed by atoms with Crippen LogP contribution >= 0.6 is 0 Å². The van der Waals surface area contributed by atoms with Gasteiger partial charge in [-0.2, -0.15) is 0 Å². The first-order chi connectivity index (χ1) is 14.3. The smallest absolute Gasteiger partial charge is 0.304 e. The van der Waals surface area contributed by atoms with Crippen LogP contribution in [0.25, 0.3) is 0 Å². The highest BCUT2D eigenvalue weighted by Gasteiger charge is 2.46. The van der Waals surface area contributed by atoms with E-state index in [2.05, 4.69) is 0 Å². The van der Waals surface area contributed by atoms with Gasteiger partial charge in [0, 0.05) is 48.1 Å². The van der Waals surface area contributed by atoms with E-state index < -0.39 is 66.9 Å². The minimum atomic E-state index is -1.62. The van der Waals surface area contributed by atoms with Gasteiger partial charge >= 0.3 is 29.8 Å². The first-order valence-corrected chi connectivity index (χ1v) is 9.39. The Balaban J connectivity index is 6.54. The van der Waals surface area contributed by atoms with E-state index in [4.69, 9.17) is 23.7 Å². The van der Waals surface area contributed by atoms with Crippen molar-refractivity contribution in [2.45, 2.75) is 73.0 Å². The molecule has 0 aromatic heterocycles. The van der Waals surface area contributed by atoms with Crippen molar-refractivity contribution in [2.24, 2.45) is 0 Å². The maximum Gasteiger partial charge on any atom is 0.304 e. The molecular weight excluding hydrogens is 418 g/mol. The molecule has 0 radical (unpaired) electrons. The van der Waals surface area contributed by atoms with Crippen molar-refractivity contribution in [3.8, 4) is 0 Å². The van der Waals surface area contributed by atoms with Crippen LogP contribution in [0.2, 0.25) is 0 Å². The summed E-state index contributed by atoms with van der Waals surface area (Å²) in [6.45, 7) is 7.53. The molecule has 0 aliphatic heterocycles. The molecule has 31 heavy (non-hydrogen) atoms. The Morgan fingerprint density at radius 1 is 0.645 bits per heavy atom. The van der Waals surface area contributed by atoms with E-state index >= 15 is 0 Å². The normalized spacial score (nSPS) is 14.2. The second kappa shape index (κ2) is 13.2. The van der Waals surface area contributed by atoms with Gasteiger partial charge in [0.2, 0.25) is 12.1 Å². The fourth-order valence-corrected chi connectivity index (χ4v) is 2.69. The largest absolute Gasteiger partial charge is 0.462 e. The van der Waals surface area contributed by atoms with E-state index in [0.29, 0.717) is 0 Å². The number of hydrogen-bond donors (Lipinski definition) is 0. The van der Waals surface area contributed by atoms with E-state index in [1.807, 2.05) is 0 Å². The highest BCUT2D eigenvalue weighted by atomic mass is 16.6. The maximum atomic E-state index is 12.1. The lowest BCUT2D eigenvalue weighted by Gasteiger charge is -2.39. The van der Waals surface area contributed by atoms with Crippen LogP contribution in [0, 0.1) is 0 Å². The number of carbonyl (C=O) groups excluding carboxylic acids is 6. The van der Waals surface area contributed by atoms with Gasteiger partial charge in [0.1, 0.15) is 6.61 Å². The monoisotopic (exact) mass is 447 g/mol. The predicted octanol–water partition coefficient (Wildman–Crippen LogP) is 0.102. The van der Waals surface area contributed by atoms with Crippen LogP contribution in [0.1, 0.15) is 48.5 Å². The molecule has 0 heterocycles. The van der Waals surface area contributed by atoms with Crippen molar-refractivity contribution in [1.29, 1.82) is 0 Å². The van der Waals surface area contributed by atoms with E-state index in [9.17, 15) is 28.8 Å². The van der Waals surface area contributed by atoms with Crippen molar-refractivity contribution in [1.82, 2.24) is 4.90 Å². The highest BCUT2D eigenvalue weighted by Crippen LogP contribution is 2.22. The van der Waals surface area contributed by atoms with Gasteiger partial charge in [-0.05, 0) is 6.92 Å². The second-order valence-corrected chi connectivity index (χ2v) is 6.40. The zero-order valence-corrected chi connectivity index (χ0v) is 18.7.